The fourth-order valence-corrected chi connectivity index (χ4v) is 3.00. The van der Waals surface area contributed by atoms with Gasteiger partial charge in [0.15, 0.2) is 0 Å². The van der Waals surface area contributed by atoms with E-state index in [1.54, 1.807) is 0 Å². The van der Waals surface area contributed by atoms with E-state index in [2.05, 4.69) is 5.32 Å². The standard InChI is InChI=1S/C19H24N6O5/c1-11(20)18(29)24(14(17(21)28)3-2-10-23-19(22)30)12-4-6-13(7-5-12)25-15(26)8-9-16(25)27/h4-9,11,14H,2-3,10,20H2,1H3,(H2,21,28)(H3,22,23,30)/t11-,14-/m0/s1. The number of imide groups is 1. The minimum Gasteiger partial charge on any atom is -0.368 e. The maximum atomic E-state index is 12.8. The molecule has 2 atom stereocenters. The summed E-state index contributed by atoms with van der Waals surface area (Å²) < 4.78 is 0. The largest absolute Gasteiger partial charge is 0.368 e. The average Bonchev–Trinajstić information content (AvgIpc) is 3.02. The van der Waals surface area contributed by atoms with Crippen molar-refractivity contribution in [3.8, 4) is 0 Å². The van der Waals surface area contributed by atoms with Gasteiger partial charge in [-0.2, -0.15) is 0 Å². The van der Waals surface area contributed by atoms with Crippen LogP contribution in [0.4, 0.5) is 16.2 Å². The molecule has 0 spiro atoms. The molecule has 1 aliphatic rings. The molecule has 160 valence electrons. The lowest BCUT2D eigenvalue weighted by Crippen LogP contribution is -2.53. The molecule has 6 amide bonds. The Morgan fingerprint density at radius 1 is 1.07 bits per heavy atom. The molecule has 0 aromatic heterocycles. The molecule has 1 aromatic rings. The van der Waals surface area contributed by atoms with Crippen LogP contribution < -0.4 is 32.3 Å². The van der Waals surface area contributed by atoms with Gasteiger partial charge in [-0.25, -0.2) is 9.69 Å². The van der Waals surface area contributed by atoms with Crippen LogP contribution in [-0.2, 0) is 19.2 Å². The third-order valence-electron chi connectivity index (χ3n) is 4.42. The molecule has 0 saturated carbocycles. The van der Waals surface area contributed by atoms with Gasteiger partial charge in [-0.05, 0) is 44.0 Å². The number of nitrogens with two attached hydrogens (primary N) is 3. The number of hydrogen-bond acceptors (Lipinski definition) is 6. The first-order chi connectivity index (χ1) is 14.1. The Morgan fingerprint density at radius 3 is 2.10 bits per heavy atom. The molecule has 0 unspecified atom stereocenters. The Morgan fingerprint density at radius 2 is 1.63 bits per heavy atom. The first kappa shape index (κ1) is 22.6. The molecular formula is C19H24N6O5. The highest BCUT2D eigenvalue weighted by molar-refractivity contribution is 6.28. The number of nitrogens with zero attached hydrogens (tertiary/aromatic N) is 2. The van der Waals surface area contributed by atoms with Crippen molar-refractivity contribution in [3.63, 3.8) is 0 Å². The lowest BCUT2D eigenvalue weighted by molar-refractivity contribution is -0.125. The van der Waals surface area contributed by atoms with Crippen LogP contribution in [0.3, 0.4) is 0 Å². The van der Waals surface area contributed by atoms with Gasteiger partial charge in [0.2, 0.25) is 11.8 Å². The van der Waals surface area contributed by atoms with E-state index >= 15 is 0 Å². The van der Waals surface area contributed by atoms with E-state index in [-0.39, 0.29) is 13.0 Å². The molecule has 0 radical (unpaired) electrons. The van der Waals surface area contributed by atoms with Crippen molar-refractivity contribution in [1.29, 1.82) is 0 Å². The number of carbonyl (C=O) groups is 5. The second-order valence-corrected chi connectivity index (χ2v) is 6.71. The fourth-order valence-electron chi connectivity index (χ4n) is 3.00. The van der Waals surface area contributed by atoms with Crippen LogP contribution >= 0.6 is 0 Å². The highest BCUT2D eigenvalue weighted by atomic mass is 16.2. The molecule has 0 fully saturated rings. The number of urea groups is 1. The van der Waals surface area contributed by atoms with Crippen molar-refractivity contribution in [3.05, 3.63) is 36.4 Å². The number of hydrogen-bond donors (Lipinski definition) is 4. The van der Waals surface area contributed by atoms with Crippen LogP contribution in [0.25, 0.3) is 0 Å². The normalized spacial score (nSPS) is 15.1. The molecular weight excluding hydrogens is 392 g/mol. The van der Waals surface area contributed by atoms with E-state index in [0.29, 0.717) is 17.8 Å². The second-order valence-electron chi connectivity index (χ2n) is 6.71. The van der Waals surface area contributed by atoms with Gasteiger partial charge in [-0.15, -0.1) is 0 Å². The zero-order valence-electron chi connectivity index (χ0n) is 16.4. The van der Waals surface area contributed by atoms with E-state index in [1.807, 2.05) is 0 Å². The van der Waals surface area contributed by atoms with E-state index in [4.69, 9.17) is 17.2 Å². The minimum absolute atomic E-state index is 0.156. The van der Waals surface area contributed by atoms with Gasteiger partial charge in [-0.3, -0.25) is 24.1 Å². The quantitative estimate of drug-likeness (QED) is 0.299. The molecule has 11 heteroatoms. The molecule has 11 nitrogen and oxygen atoms in total. The number of carbonyl (C=O) groups excluding carboxylic acids is 5. The number of amides is 6. The lowest BCUT2D eigenvalue weighted by atomic mass is 10.1. The Balaban J connectivity index is 2.29. The Labute approximate surface area is 172 Å². The van der Waals surface area contributed by atoms with Crippen LogP contribution in [0.2, 0.25) is 0 Å². The predicted molar refractivity (Wildman–Crippen MR) is 109 cm³/mol. The number of rotatable bonds is 9. The summed E-state index contributed by atoms with van der Waals surface area (Å²) in [6.07, 6.45) is 2.81. The monoisotopic (exact) mass is 416 g/mol. The number of benzene rings is 1. The van der Waals surface area contributed by atoms with Crippen LogP contribution in [0.5, 0.6) is 0 Å². The van der Waals surface area contributed by atoms with Crippen molar-refractivity contribution in [1.82, 2.24) is 5.32 Å². The lowest BCUT2D eigenvalue weighted by Gasteiger charge is -2.31. The summed E-state index contributed by atoms with van der Waals surface area (Å²) in [5.41, 5.74) is 16.9. The minimum atomic E-state index is -1.03. The van der Waals surface area contributed by atoms with E-state index in [9.17, 15) is 24.0 Å². The Hall–Kier alpha value is -3.73. The summed E-state index contributed by atoms with van der Waals surface area (Å²) in [6.45, 7) is 1.67. The van der Waals surface area contributed by atoms with Gasteiger partial charge in [0, 0.05) is 24.4 Å². The van der Waals surface area contributed by atoms with Crippen molar-refractivity contribution in [2.75, 3.05) is 16.3 Å². The van der Waals surface area contributed by atoms with Gasteiger partial charge < -0.3 is 22.5 Å². The van der Waals surface area contributed by atoms with Crippen LogP contribution in [0.15, 0.2) is 36.4 Å². The van der Waals surface area contributed by atoms with Gasteiger partial charge in [0.05, 0.1) is 11.7 Å². The van der Waals surface area contributed by atoms with Crippen LogP contribution in [-0.4, -0.2) is 48.3 Å². The molecule has 0 bridgehead atoms. The maximum absolute atomic E-state index is 12.8. The van der Waals surface area contributed by atoms with Crippen LogP contribution in [0, 0.1) is 0 Å². The van der Waals surface area contributed by atoms with Gasteiger partial charge in [-0.1, -0.05) is 0 Å². The van der Waals surface area contributed by atoms with Crippen LogP contribution in [0.1, 0.15) is 19.8 Å². The Bertz CT molecular complexity index is 862. The molecule has 7 N–H and O–H groups in total. The summed E-state index contributed by atoms with van der Waals surface area (Å²) in [4.78, 5) is 61.5. The van der Waals surface area contributed by atoms with E-state index in [1.165, 1.54) is 36.1 Å². The summed E-state index contributed by atoms with van der Waals surface area (Å²) in [6, 6.07) is 3.30. The van der Waals surface area contributed by atoms with Crippen molar-refractivity contribution >= 4 is 41.0 Å². The Kier molecular flexibility index (Phi) is 7.26. The SMILES string of the molecule is C[C@H](N)C(=O)N(c1ccc(N2C(=O)C=CC2=O)cc1)[C@@H](CCCNC(N)=O)C(N)=O. The third kappa shape index (κ3) is 5.20. The number of anilines is 2. The van der Waals surface area contributed by atoms with Gasteiger partial charge in [0.1, 0.15) is 6.04 Å². The zero-order chi connectivity index (χ0) is 22.4. The molecule has 2 rings (SSSR count). The highest BCUT2D eigenvalue weighted by Crippen LogP contribution is 2.26. The summed E-state index contributed by atoms with van der Waals surface area (Å²) in [5, 5.41) is 2.40. The topological polar surface area (TPSA) is 182 Å². The van der Waals surface area contributed by atoms with E-state index in [0.717, 1.165) is 17.1 Å². The third-order valence-corrected chi connectivity index (χ3v) is 4.42. The highest BCUT2D eigenvalue weighted by Gasteiger charge is 2.31. The number of primary amides is 2. The molecule has 1 aliphatic heterocycles. The molecule has 0 saturated heterocycles. The molecule has 30 heavy (non-hydrogen) atoms. The summed E-state index contributed by atoms with van der Waals surface area (Å²) in [7, 11) is 0. The predicted octanol–water partition coefficient (Wildman–Crippen LogP) is -0.901. The molecule has 1 heterocycles. The maximum Gasteiger partial charge on any atom is 0.312 e. The van der Waals surface area contributed by atoms with Crippen molar-refractivity contribution in [2.24, 2.45) is 17.2 Å². The van der Waals surface area contributed by atoms with Gasteiger partial charge in [0.25, 0.3) is 11.8 Å². The fraction of sp³-hybridized carbons (Fsp3) is 0.316. The number of nitrogens with one attached hydrogen (secondary N) is 1. The molecule has 0 aliphatic carbocycles. The first-order valence-corrected chi connectivity index (χ1v) is 9.21. The zero-order valence-corrected chi connectivity index (χ0v) is 16.4. The average molecular weight is 416 g/mol. The summed E-state index contributed by atoms with van der Waals surface area (Å²) in [5.74, 6) is -2.24. The first-order valence-electron chi connectivity index (χ1n) is 9.21. The van der Waals surface area contributed by atoms with Crippen molar-refractivity contribution in [2.45, 2.75) is 31.8 Å². The van der Waals surface area contributed by atoms with E-state index < -0.39 is 41.7 Å². The van der Waals surface area contributed by atoms with Crippen molar-refractivity contribution < 1.29 is 24.0 Å². The second kappa shape index (κ2) is 9.65. The smallest absolute Gasteiger partial charge is 0.312 e. The van der Waals surface area contributed by atoms with Gasteiger partial charge >= 0.3 is 6.03 Å². The summed E-state index contributed by atoms with van der Waals surface area (Å²) >= 11 is 0. The molecule has 1 aromatic carbocycles.